The van der Waals surface area contributed by atoms with Gasteiger partial charge in [-0.2, -0.15) is 13.2 Å². The highest BCUT2D eigenvalue weighted by molar-refractivity contribution is 5.57. The van der Waals surface area contributed by atoms with Gasteiger partial charge in [-0.05, 0) is 51.4 Å². The molecule has 1 aromatic rings. The lowest BCUT2D eigenvalue weighted by Gasteiger charge is -2.30. The highest BCUT2D eigenvalue weighted by Crippen LogP contribution is 2.37. The second kappa shape index (κ2) is 6.28. The third kappa shape index (κ3) is 3.86. The summed E-state index contributed by atoms with van der Waals surface area (Å²) >= 11 is 0. The Morgan fingerprint density at radius 3 is 2.32 bits per heavy atom. The molecule has 0 fully saturated rings. The molecule has 0 saturated carbocycles. The summed E-state index contributed by atoms with van der Waals surface area (Å²) in [4.78, 5) is 1.75. The molecule has 0 radical (unpaired) electrons. The third-order valence-corrected chi connectivity index (χ3v) is 3.07. The molecule has 108 valence electrons. The van der Waals surface area contributed by atoms with E-state index in [0.717, 1.165) is 0 Å². The topological polar surface area (TPSA) is 29.3 Å². The average Bonchev–Trinajstić information content (AvgIpc) is 2.30. The lowest BCUT2D eigenvalue weighted by Crippen LogP contribution is -2.32. The molecule has 19 heavy (non-hydrogen) atoms. The maximum Gasteiger partial charge on any atom is 0.418 e. The van der Waals surface area contributed by atoms with Crippen molar-refractivity contribution in [1.29, 1.82) is 0 Å². The van der Waals surface area contributed by atoms with Crippen LogP contribution in [0.15, 0.2) is 18.2 Å². The van der Waals surface area contributed by atoms with Gasteiger partial charge in [0.1, 0.15) is 0 Å². The molecule has 0 bridgehead atoms. The smallest absolute Gasteiger partial charge is 0.369 e. The Morgan fingerprint density at radius 2 is 1.89 bits per heavy atom. The quantitative estimate of drug-likeness (QED) is 0.891. The van der Waals surface area contributed by atoms with Crippen molar-refractivity contribution in [3.63, 3.8) is 0 Å². The van der Waals surface area contributed by atoms with Crippen LogP contribution in [0, 0.1) is 0 Å². The fourth-order valence-electron chi connectivity index (χ4n) is 2.20. The molecule has 0 heterocycles. The zero-order valence-corrected chi connectivity index (χ0v) is 11.6. The van der Waals surface area contributed by atoms with Crippen molar-refractivity contribution in [3.05, 3.63) is 29.3 Å². The van der Waals surface area contributed by atoms with Crippen molar-refractivity contribution in [1.82, 2.24) is 0 Å². The van der Waals surface area contributed by atoms with E-state index in [1.165, 1.54) is 6.07 Å². The second-order valence-electron chi connectivity index (χ2n) is 4.77. The summed E-state index contributed by atoms with van der Waals surface area (Å²) in [6.07, 6.45) is -3.89. The van der Waals surface area contributed by atoms with E-state index in [1.807, 2.05) is 20.8 Å². The number of alkyl halides is 3. The van der Waals surface area contributed by atoms with Gasteiger partial charge in [0.15, 0.2) is 0 Å². The van der Waals surface area contributed by atoms with E-state index in [9.17, 15) is 13.2 Å². The normalized spacial score (nSPS) is 12.0. The molecule has 5 heteroatoms. The number of halogens is 3. The number of anilines is 1. The van der Waals surface area contributed by atoms with Gasteiger partial charge < -0.3 is 10.6 Å². The third-order valence-electron chi connectivity index (χ3n) is 3.07. The van der Waals surface area contributed by atoms with Crippen molar-refractivity contribution in [2.75, 3.05) is 18.0 Å². The van der Waals surface area contributed by atoms with Crippen LogP contribution in [0.3, 0.4) is 0 Å². The fourth-order valence-corrected chi connectivity index (χ4v) is 2.20. The summed E-state index contributed by atoms with van der Waals surface area (Å²) in [7, 11) is 0. The minimum atomic E-state index is -4.34. The minimum Gasteiger partial charge on any atom is -0.369 e. The van der Waals surface area contributed by atoms with E-state index in [2.05, 4.69) is 0 Å². The molecule has 2 N–H and O–H groups in total. The SMILES string of the molecule is CCN(c1ccc(CCN)cc1C(F)(F)F)C(C)C. The molecule has 2 nitrogen and oxygen atoms in total. The standard InChI is InChI=1S/C14H21F3N2/c1-4-19(10(2)3)13-6-5-11(7-8-18)9-12(13)14(15,16)17/h5-6,9-10H,4,7-8,18H2,1-3H3. The van der Waals surface area contributed by atoms with E-state index >= 15 is 0 Å². The molecular weight excluding hydrogens is 253 g/mol. The Labute approximate surface area is 112 Å². The lowest BCUT2D eigenvalue weighted by molar-refractivity contribution is -0.137. The summed E-state index contributed by atoms with van der Waals surface area (Å²) < 4.78 is 39.5. The Bertz CT molecular complexity index is 414. The van der Waals surface area contributed by atoms with Crippen LogP contribution in [0.25, 0.3) is 0 Å². The van der Waals surface area contributed by atoms with Gasteiger partial charge >= 0.3 is 6.18 Å². The molecule has 0 atom stereocenters. The Hall–Kier alpha value is -1.23. The first kappa shape index (κ1) is 15.8. The van der Waals surface area contributed by atoms with Crippen LogP contribution in [0.5, 0.6) is 0 Å². The van der Waals surface area contributed by atoms with Gasteiger partial charge in [-0.3, -0.25) is 0 Å². The van der Waals surface area contributed by atoms with E-state index < -0.39 is 11.7 Å². The number of hydrogen-bond donors (Lipinski definition) is 1. The molecule has 0 aliphatic carbocycles. The Balaban J connectivity index is 3.30. The number of nitrogens with zero attached hydrogens (tertiary/aromatic N) is 1. The van der Waals surface area contributed by atoms with E-state index in [1.54, 1.807) is 17.0 Å². The second-order valence-corrected chi connectivity index (χ2v) is 4.77. The zero-order valence-electron chi connectivity index (χ0n) is 11.6. The Morgan fingerprint density at radius 1 is 1.26 bits per heavy atom. The van der Waals surface area contributed by atoms with E-state index in [-0.39, 0.29) is 11.7 Å². The van der Waals surface area contributed by atoms with Crippen LogP contribution in [0.2, 0.25) is 0 Å². The fraction of sp³-hybridized carbons (Fsp3) is 0.571. The van der Waals surface area contributed by atoms with Gasteiger partial charge in [0.25, 0.3) is 0 Å². The molecule has 1 rings (SSSR count). The molecule has 0 saturated heterocycles. The number of hydrogen-bond acceptors (Lipinski definition) is 2. The van der Waals surface area contributed by atoms with Gasteiger partial charge in [0.05, 0.1) is 5.56 Å². The molecule has 0 unspecified atom stereocenters. The molecule has 0 aromatic heterocycles. The largest absolute Gasteiger partial charge is 0.418 e. The average molecular weight is 274 g/mol. The van der Waals surface area contributed by atoms with Crippen molar-refractivity contribution in [3.8, 4) is 0 Å². The van der Waals surface area contributed by atoms with Crippen molar-refractivity contribution in [2.24, 2.45) is 5.73 Å². The maximum atomic E-state index is 13.2. The van der Waals surface area contributed by atoms with Gasteiger partial charge in [-0.1, -0.05) is 6.07 Å². The molecule has 1 aromatic carbocycles. The highest BCUT2D eigenvalue weighted by Gasteiger charge is 2.35. The first-order valence-corrected chi connectivity index (χ1v) is 6.48. The molecule has 0 aliphatic rings. The Kier molecular flexibility index (Phi) is 5.23. The summed E-state index contributed by atoms with van der Waals surface area (Å²) in [5.74, 6) is 0. The monoisotopic (exact) mass is 274 g/mol. The summed E-state index contributed by atoms with van der Waals surface area (Å²) in [6, 6.07) is 4.51. The predicted molar refractivity (Wildman–Crippen MR) is 72.4 cm³/mol. The molecule has 0 aliphatic heterocycles. The maximum absolute atomic E-state index is 13.2. The highest BCUT2D eigenvalue weighted by atomic mass is 19.4. The van der Waals surface area contributed by atoms with Crippen LogP contribution in [0.1, 0.15) is 31.9 Å². The van der Waals surface area contributed by atoms with E-state index in [4.69, 9.17) is 5.73 Å². The molecular formula is C14H21F3N2. The number of nitrogens with two attached hydrogens (primary N) is 1. The van der Waals surface area contributed by atoms with Crippen molar-refractivity contribution < 1.29 is 13.2 Å². The summed E-state index contributed by atoms with van der Waals surface area (Å²) in [5.41, 5.74) is 5.69. The predicted octanol–water partition coefficient (Wildman–Crippen LogP) is 3.44. The van der Waals surface area contributed by atoms with Gasteiger partial charge in [0, 0.05) is 18.3 Å². The van der Waals surface area contributed by atoms with E-state index in [0.29, 0.717) is 25.1 Å². The van der Waals surface area contributed by atoms with Crippen molar-refractivity contribution >= 4 is 5.69 Å². The van der Waals surface area contributed by atoms with Crippen LogP contribution in [0.4, 0.5) is 18.9 Å². The lowest BCUT2D eigenvalue weighted by atomic mass is 10.0. The van der Waals surface area contributed by atoms with Gasteiger partial charge in [0.2, 0.25) is 0 Å². The number of rotatable bonds is 5. The van der Waals surface area contributed by atoms with Crippen LogP contribution >= 0.6 is 0 Å². The first-order valence-electron chi connectivity index (χ1n) is 6.48. The first-order chi connectivity index (χ1) is 8.81. The minimum absolute atomic E-state index is 0.0199. The molecule has 0 amide bonds. The van der Waals surface area contributed by atoms with Crippen LogP contribution < -0.4 is 10.6 Å². The van der Waals surface area contributed by atoms with Crippen LogP contribution in [-0.4, -0.2) is 19.1 Å². The van der Waals surface area contributed by atoms with Gasteiger partial charge in [-0.25, -0.2) is 0 Å². The van der Waals surface area contributed by atoms with Crippen molar-refractivity contribution in [2.45, 2.75) is 39.4 Å². The zero-order chi connectivity index (χ0) is 14.6. The van der Waals surface area contributed by atoms with Gasteiger partial charge in [-0.15, -0.1) is 0 Å². The van der Waals surface area contributed by atoms with Crippen LogP contribution in [-0.2, 0) is 12.6 Å². The molecule has 0 spiro atoms. The number of benzene rings is 1. The summed E-state index contributed by atoms with van der Waals surface area (Å²) in [6.45, 7) is 6.51. The summed E-state index contributed by atoms with van der Waals surface area (Å²) in [5, 5.41) is 0.